The molecule has 2 saturated heterocycles. The Labute approximate surface area is 126 Å². The van der Waals surface area contributed by atoms with Gasteiger partial charge < -0.3 is 14.7 Å². The summed E-state index contributed by atoms with van der Waals surface area (Å²) in [5.41, 5.74) is 0. The second kappa shape index (κ2) is 6.34. The lowest BCUT2D eigenvalue weighted by atomic mass is 9.78. The van der Waals surface area contributed by atoms with Crippen LogP contribution in [0.2, 0.25) is 0 Å². The van der Waals surface area contributed by atoms with E-state index in [1.807, 2.05) is 18.7 Å². The van der Waals surface area contributed by atoms with Crippen LogP contribution < -0.4 is 0 Å². The Morgan fingerprint density at radius 3 is 2.00 bits per heavy atom. The zero-order chi connectivity index (χ0) is 15.7. The number of hydrogen-bond acceptors (Lipinski definition) is 3. The van der Waals surface area contributed by atoms with Gasteiger partial charge in [0.2, 0.25) is 5.91 Å². The minimum Gasteiger partial charge on any atom is -0.481 e. The third-order valence-corrected chi connectivity index (χ3v) is 5.23. The number of carbonyl (C=O) groups is 2. The number of carboxylic acids is 1. The first-order valence-electron chi connectivity index (χ1n) is 8.12. The monoisotopic (exact) mass is 297 g/mol. The normalized spacial score (nSPS) is 33.7. The van der Waals surface area contributed by atoms with E-state index >= 15 is 0 Å². The Morgan fingerprint density at radius 2 is 1.57 bits per heavy atom. The number of ether oxygens (including phenoxy) is 1. The lowest BCUT2D eigenvalue weighted by molar-refractivity contribution is -0.153. The first-order valence-corrected chi connectivity index (χ1v) is 8.12. The molecule has 2 aliphatic heterocycles. The van der Waals surface area contributed by atoms with Crippen LogP contribution in [-0.2, 0) is 14.3 Å². The van der Waals surface area contributed by atoms with Gasteiger partial charge in [-0.3, -0.25) is 9.59 Å². The van der Waals surface area contributed by atoms with Gasteiger partial charge in [-0.15, -0.1) is 0 Å². The fourth-order valence-electron chi connectivity index (χ4n) is 3.74. The lowest BCUT2D eigenvalue weighted by Crippen LogP contribution is -2.51. The first kappa shape index (κ1) is 16.3. The molecule has 6 atom stereocenters. The van der Waals surface area contributed by atoms with Gasteiger partial charge in [-0.05, 0) is 39.5 Å². The number of amides is 1. The summed E-state index contributed by atoms with van der Waals surface area (Å²) in [6.07, 6.45) is 2.82. The van der Waals surface area contributed by atoms with Gasteiger partial charge in [0.25, 0.3) is 0 Å². The molecule has 0 spiro atoms. The topological polar surface area (TPSA) is 66.8 Å². The van der Waals surface area contributed by atoms with Crippen molar-refractivity contribution in [3.05, 3.63) is 0 Å². The van der Waals surface area contributed by atoms with E-state index in [2.05, 4.69) is 13.8 Å². The minimum atomic E-state index is -0.895. The van der Waals surface area contributed by atoms with E-state index in [0.29, 0.717) is 0 Å². The first-order chi connectivity index (χ1) is 9.92. The van der Waals surface area contributed by atoms with E-state index in [-0.39, 0.29) is 30.2 Å². The fourth-order valence-corrected chi connectivity index (χ4v) is 3.74. The largest absolute Gasteiger partial charge is 0.481 e. The molecule has 2 bridgehead atoms. The number of aliphatic carboxylic acids is 1. The van der Waals surface area contributed by atoms with Crippen molar-refractivity contribution in [2.75, 3.05) is 0 Å². The Kier molecular flexibility index (Phi) is 4.91. The highest BCUT2D eigenvalue weighted by molar-refractivity contribution is 5.87. The van der Waals surface area contributed by atoms with Gasteiger partial charge in [0.05, 0.1) is 24.0 Å². The lowest BCUT2D eigenvalue weighted by Gasteiger charge is -2.38. The fraction of sp³-hybridized carbons (Fsp3) is 0.875. The van der Waals surface area contributed by atoms with Crippen LogP contribution in [0.25, 0.3) is 0 Å². The molecule has 2 heterocycles. The molecule has 0 radical (unpaired) electrons. The van der Waals surface area contributed by atoms with Crippen LogP contribution in [0, 0.1) is 11.8 Å². The van der Waals surface area contributed by atoms with E-state index in [1.165, 1.54) is 0 Å². The highest BCUT2D eigenvalue weighted by atomic mass is 16.5. The van der Waals surface area contributed by atoms with Crippen molar-refractivity contribution in [3.63, 3.8) is 0 Å². The van der Waals surface area contributed by atoms with Crippen molar-refractivity contribution >= 4 is 11.9 Å². The second-order valence-corrected chi connectivity index (χ2v) is 6.44. The molecule has 1 amide bonds. The van der Waals surface area contributed by atoms with Crippen LogP contribution >= 0.6 is 0 Å². The van der Waals surface area contributed by atoms with Crippen molar-refractivity contribution < 1.29 is 19.4 Å². The summed E-state index contributed by atoms with van der Waals surface area (Å²) in [6.45, 7) is 8.18. The summed E-state index contributed by atoms with van der Waals surface area (Å²) in [4.78, 5) is 26.5. The maximum absolute atomic E-state index is 13.0. The minimum absolute atomic E-state index is 0.0294. The number of rotatable bonds is 6. The number of carbonyl (C=O) groups excluding carboxylic acids is 1. The number of hydrogen-bond donors (Lipinski definition) is 1. The van der Waals surface area contributed by atoms with E-state index < -0.39 is 17.8 Å². The molecule has 2 aliphatic rings. The van der Waals surface area contributed by atoms with E-state index in [4.69, 9.17) is 4.74 Å². The zero-order valence-corrected chi connectivity index (χ0v) is 13.4. The SMILES string of the molecule is CC[C@@H](C)N(C(=O)[C@H]1[C@@H](C(=O)O)[C@@H]2CC[C@@H]1O2)[C@H](C)CC. The van der Waals surface area contributed by atoms with Crippen LogP contribution in [0.4, 0.5) is 0 Å². The van der Waals surface area contributed by atoms with E-state index in [0.717, 1.165) is 25.7 Å². The predicted molar refractivity (Wildman–Crippen MR) is 78.9 cm³/mol. The molecule has 5 nitrogen and oxygen atoms in total. The summed E-state index contributed by atoms with van der Waals surface area (Å²) in [5, 5.41) is 9.48. The van der Waals surface area contributed by atoms with Gasteiger partial charge in [-0.2, -0.15) is 0 Å². The smallest absolute Gasteiger partial charge is 0.310 e. The van der Waals surface area contributed by atoms with E-state index in [9.17, 15) is 14.7 Å². The Balaban J connectivity index is 2.25. The van der Waals surface area contributed by atoms with Crippen LogP contribution in [-0.4, -0.2) is 46.2 Å². The van der Waals surface area contributed by atoms with Gasteiger partial charge in [0.1, 0.15) is 0 Å². The Hall–Kier alpha value is -1.10. The summed E-state index contributed by atoms with van der Waals surface area (Å²) in [5.74, 6) is -2.11. The van der Waals surface area contributed by atoms with Gasteiger partial charge >= 0.3 is 5.97 Å². The Morgan fingerprint density at radius 1 is 1.10 bits per heavy atom. The van der Waals surface area contributed by atoms with Crippen molar-refractivity contribution in [2.45, 2.75) is 77.7 Å². The molecular weight excluding hydrogens is 270 g/mol. The summed E-state index contributed by atoms with van der Waals surface area (Å²) < 4.78 is 5.73. The van der Waals surface area contributed by atoms with Gasteiger partial charge in [0.15, 0.2) is 0 Å². The van der Waals surface area contributed by atoms with Crippen LogP contribution in [0.1, 0.15) is 53.4 Å². The van der Waals surface area contributed by atoms with Crippen molar-refractivity contribution in [1.82, 2.24) is 4.90 Å². The quantitative estimate of drug-likeness (QED) is 0.817. The average molecular weight is 297 g/mol. The maximum atomic E-state index is 13.0. The predicted octanol–water partition coefficient (Wildman–Crippen LogP) is 2.29. The number of carboxylic acid groups (broad SMARTS) is 1. The van der Waals surface area contributed by atoms with Crippen LogP contribution in [0.5, 0.6) is 0 Å². The number of nitrogens with zero attached hydrogens (tertiary/aromatic N) is 1. The molecule has 0 aromatic heterocycles. The summed E-state index contributed by atoms with van der Waals surface area (Å²) in [6, 6.07) is 0.252. The molecule has 1 N–H and O–H groups in total. The van der Waals surface area contributed by atoms with Crippen molar-refractivity contribution in [3.8, 4) is 0 Å². The second-order valence-electron chi connectivity index (χ2n) is 6.44. The molecule has 2 rings (SSSR count). The molecule has 0 saturated carbocycles. The van der Waals surface area contributed by atoms with Crippen molar-refractivity contribution in [1.29, 1.82) is 0 Å². The molecule has 0 aromatic carbocycles. The molecular formula is C16H27NO4. The Bertz CT molecular complexity index is 401. The summed E-state index contributed by atoms with van der Waals surface area (Å²) in [7, 11) is 0. The highest BCUT2D eigenvalue weighted by Gasteiger charge is 2.56. The zero-order valence-electron chi connectivity index (χ0n) is 13.4. The molecule has 5 heteroatoms. The standard InChI is InChI=1S/C16H27NO4/c1-5-9(3)17(10(4)6-2)15(18)13-11-7-8-12(21-11)14(13)16(19)20/h9-14H,5-8H2,1-4H3,(H,19,20)/t9-,10-,11+,12+,13-,14+/m1/s1. The molecule has 2 fully saturated rings. The number of fused-ring (bicyclic) bond motifs is 2. The van der Waals surface area contributed by atoms with Crippen molar-refractivity contribution in [2.24, 2.45) is 11.8 Å². The average Bonchev–Trinajstić information content (AvgIpc) is 3.07. The molecule has 120 valence electrons. The van der Waals surface area contributed by atoms with Crippen LogP contribution in [0.3, 0.4) is 0 Å². The third kappa shape index (κ3) is 2.80. The highest BCUT2D eigenvalue weighted by Crippen LogP contribution is 2.44. The molecule has 0 unspecified atom stereocenters. The van der Waals surface area contributed by atoms with Gasteiger partial charge in [-0.1, -0.05) is 13.8 Å². The maximum Gasteiger partial charge on any atom is 0.310 e. The van der Waals surface area contributed by atoms with Gasteiger partial charge in [0, 0.05) is 12.1 Å². The third-order valence-electron chi connectivity index (χ3n) is 5.23. The van der Waals surface area contributed by atoms with Gasteiger partial charge in [-0.25, -0.2) is 0 Å². The molecule has 0 aliphatic carbocycles. The van der Waals surface area contributed by atoms with Crippen LogP contribution in [0.15, 0.2) is 0 Å². The molecule has 0 aromatic rings. The van der Waals surface area contributed by atoms with E-state index in [1.54, 1.807) is 0 Å². The summed E-state index contributed by atoms with van der Waals surface area (Å²) >= 11 is 0. The molecule has 21 heavy (non-hydrogen) atoms.